The van der Waals surface area contributed by atoms with Crippen LogP contribution in [0.1, 0.15) is 37.3 Å². The number of fused-ring (bicyclic) bond motifs is 1. The average molecular weight is 341 g/mol. The van der Waals surface area contributed by atoms with Crippen molar-refractivity contribution in [3.8, 4) is 11.5 Å². The molecule has 1 heterocycles. The van der Waals surface area contributed by atoms with E-state index in [9.17, 15) is 0 Å². The average Bonchev–Trinajstić information content (AvgIpc) is 2.85. The molecule has 3 N–H and O–H groups in total. The fourth-order valence-corrected chi connectivity index (χ4v) is 3.34. The summed E-state index contributed by atoms with van der Waals surface area (Å²) in [6, 6.07) is 4.27. The molecule has 0 bridgehead atoms. The van der Waals surface area contributed by atoms with E-state index in [1.807, 2.05) is 6.07 Å². The van der Waals surface area contributed by atoms with Crippen molar-refractivity contribution < 1.29 is 9.47 Å². The summed E-state index contributed by atoms with van der Waals surface area (Å²) in [5.41, 5.74) is 7.06. The standard InChI is InChI=1S/C15H21BrN2O2/c16-12-6-11(7-14-15(12)20-9-19-14)13(8-17)18-5-4-10-2-1-3-10/h6-7,10,13,18H,1-5,8-9,17H2. The first-order valence-corrected chi connectivity index (χ1v) is 8.09. The second-order valence-electron chi connectivity index (χ2n) is 5.56. The molecule has 1 atom stereocenters. The van der Waals surface area contributed by atoms with Crippen molar-refractivity contribution in [2.45, 2.75) is 31.7 Å². The van der Waals surface area contributed by atoms with Gasteiger partial charge in [0.1, 0.15) is 0 Å². The molecule has 3 rings (SSSR count). The van der Waals surface area contributed by atoms with E-state index in [0.717, 1.165) is 34.0 Å². The highest BCUT2D eigenvalue weighted by molar-refractivity contribution is 9.10. The molecule has 4 nitrogen and oxygen atoms in total. The molecule has 0 saturated heterocycles. The van der Waals surface area contributed by atoms with E-state index in [4.69, 9.17) is 15.2 Å². The third kappa shape index (κ3) is 2.95. The summed E-state index contributed by atoms with van der Waals surface area (Å²) in [7, 11) is 0. The second-order valence-corrected chi connectivity index (χ2v) is 6.42. The van der Waals surface area contributed by atoms with E-state index in [1.165, 1.54) is 25.7 Å². The normalized spacial score (nSPS) is 18.9. The van der Waals surface area contributed by atoms with Crippen LogP contribution in [0, 0.1) is 5.92 Å². The molecule has 110 valence electrons. The van der Waals surface area contributed by atoms with E-state index in [2.05, 4.69) is 27.3 Å². The first kappa shape index (κ1) is 14.2. The van der Waals surface area contributed by atoms with Gasteiger partial charge in [0.15, 0.2) is 11.5 Å². The first-order valence-electron chi connectivity index (χ1n) is 7.30. The lowest BCUT2D eigenvalue weighted by atomic mass is 9.83. The van der Waals surface area contributed by atoms with Gasteiger partial charge in [0.2, 0.25) is 6.79 Å². The number of hydrogen-bond acceptors (Lipinski definition) is 4. The smallest absolute Gasteiger partial charge is 0.231 e. The van der Waals surface area contributed by atoms with Crippen molar-refractivity contribution in [3.63, 3.8) is 0 Å². The Kier molecular flexibility index (Phi) is 4.48. The summed E-state index contributed by atoms with van der Waals surface area (Å²) in [5.74, 6) is 2.51. The monoisotopic (exact) mass is 340 g/mol. The Labute approximate surface area is 128 Å². The molecule has 1 aromatic rings. The van der Waals surface area contributed by atoms with Crippen LogP contribution in [0.4, 0.5) is 0 Å². The maximum Gasteiger partial charge on any atom is 0.231 e. The molecule has 20 heavy (non-hydrogen) atoms. The van der Waals surface area contributed by atoms with Crippen LogP contribution in [0.2, 0.25) is 0 Å². The quantitative estimate of drug-likeness (QED) is 0.835. The molecule has 1 aliphatic heterocycles. The Morgan fingerprint density at radius 3 is 2.90 bits per heavy atom. The molecule has 0 amide bonds. The molecule has 0 aromatic heterocycles. The second kappa shape index (κ2) is 6.33. The summed E-state index contributed by atoms with van der Waals surface area (Å²) in [4.78, 5) is 0. The number of halogens is 1. The Hall–Kier alpha value is -0.780. The molecule has 0 spiro atoms. The lowest BCUT2D eigenvalue weighted by molar-refractivity contribution is 0.173. The van der Waals surface area contributed by atoms with Crippen LogP contribution in [0.15, 0.2) is 16.6 Å². The molecule has 1 unspecified atom stereocenters. The Morgan fingerprint density at radius 2 is 2.20 bits per heavy atom. The number of nitrogens with one attached hydrogen (secondary N) is 1. The first-order chi connectivity index (χ1) is 9.78. The minimum atomic E-state index is 0.167. The number of hydrogen-bond donors (Lipinski definition) is 2. The van der Waals surface area contributed by atoms with Crippen molar-refractivity contribution in [2.24, 2.45) is 11.7 Å². The van der Waals surface area contributed by atoms with Crippen molar-refractivity contribution in [1.82, 2.24) is 5.32 Å². The lowest BCUT2D eigenvalue weighted by Crippen LogP contribution is -2.30. The molecule has 1 fully saturated rings. The largest absolute Gasteiger partial charge is 0.454 e. The highest BCUT2D eigenvalue weighted by Crippen LogP contribution is 2.41. The van der Waals surface area contributed by atoms with Crippen molar-refractivity contribution in [1.29, 1.82) is 0 Å². The minimum absolute atomic E-state index is 0.167. The zero-order valence-corrected chi connectivity index (χ0v) is 13.1. The van der Waals surface area contributed by atoms with Gasteiger partial charge in [-0.2, -0.15) is 0 Å². The molecule has 1 saturated carbocycles. The van der Waals surface area contributed by atoms with Crippen molar-refractivity contribution in [3.05, 3.63) is 22.2 Å². The minimum Gasteiger partial charge on any atom is -0.454 e. The highest BCUT2D eigenvalue weighted by atomic mass is 79.9. The van der Waals surface area contributed by atoms with Crippen LogP contribution in [0.5, 0.6) is 11.5 Å². The van der Waals surface area contributed by atoms with E-state index in [0.29, 0.717) is 13.3 Å². The van der Waals surface area contributed by atoms with Gasteiger partial charge in [-0.05, 0) is 52.5 Å². The van der Waals surface area contributed by atoms with Crippen molar-refractivity contribution in [2.75, 3.05) is 19.9 Å². The molecule has 1 aliphatic carbocycles. The summed E-state index contributed by atoms with van der Waals surface area (Å²) in [6.45, 7) is 1.90. The van der Waals surface area contributed by atoms with Gasteiger partial charge in [-0.1, -0.05) is 19.3 Å². The van der Waals surface area contributed by atoms with Gasteiger partial charge in [0, 0.05) is 12.6 Å². The number of rotatable bonds is 6. The zero-order valence-electron chi connectivity index (χ0n) is 11.5. The number of nitrogens with two attached hydrogens (primary N) is 1. The van der Waals surface area contributed by atoms with Crippen LogP contribution in [0.3, 0.4) is 0 Å². The van der Waals surface area contributed by atoms with Gasteiger partial charge in [-0.25, -0.2) is 0 Å². The zero-order chi connectivity index (χ0) is 13.9. The molecule has 1 aromatic carbocycles. The number of benzene rings is 1. The summed E-state index contributed by atoms with van der Waals surface area (Å²) in [6.07, 6.45) is 5.44. The van der Waals surface area contributed by atoms with E-state index >= 15 is 0 Å². The molecule has 5 heteroatoms. The fraction of sp³-hybridized carbons (Fsp3) is 0.600. The van der Waals surface area contributed by atoms with Gasteiger partial charge < -0.3 is 20.5 Å². The van der Waals surface area contributed by atoms with Crippen LogP contribution in [0.25, 0.3) is 0 Å². The highest BCUT2D eigenvalue weighted by Gasteiger charge is 2.21. The van der Waals surface area contributed by atoms with E-state index in [-0.39, 0.29) is 6.04 Å². The van der Waals surface area contributed by atoms with Gasteiger partial charge in [0.05, 0.1) is 4.47 Å². The molecular weight excluding hydrogens is 320 g/mol. The van der Waals surface area contributed by atoms with E-state index in [1.54, 1.807) is 0 Å². The lowest BCUT2D eigenvalue weighted by Gasteiger charge is -2.26. The van der Waals surface area contributed by atoms with Gasteiger partial charge >= 0.3 is 0 Å². The van der Waals surface area contributed by atoms with Gasteiger partial charge in [-0.3, -0.25) is 0 Å². The maximum atomic E-state index is 5.91. The maximum absolute atomic E-state index is 5.91. The van der Waals surface area contributed by atoms with Crippen LogP contribution >= 0.6 is 15.9 Å². The van der Waals surface area contributed by atoms with Gasteiger partial charge in [-0.15, -0.1) is 0 Å². The Morgan fingerprint density at radius 1 is 1.35 bits per heavy atom. The summed E-state index contributed by atoms with van der Waals surface area (Å²) < 4.78 is 11.8. The van der Waals surface area contributed by atoms with Crippen molar-refractivity contribution >= 4 is 15.9 Å². The molecule has 0 radical (unpaired) electrons. The summed E-state index contributed by atoms with van der Waals surface area (Å²) in [5, 5.41) is 3.56. The van der Waals surface area contributed by atoms with Crippen LogP contribution in [-0.2, 0) is 0 Å². The molecular formula is C15H21BrN2O2. The Balaban J connectivity index is 1.64. The van der Waals surface area contributed by atoms with Gasteiger partial charge in [0.25, 0.3) is 0 Å². The fourth-order valence-electron chi connectivity index (χ4n) is 2.77. The topological polar surface area (TPSA) is 56.5 Å². The van der Waals surface area contributed by atoms with Crippen LogP contribution in [-0.4, -0.2) is 19.9 Å². The molecule has 2 aliphatic rings. The predicted molar refractivity (Wildman–Crippen MR) is 82.0 cm³/mol. The Bertz CT molecular complexity index is 477. The predicted octanol–water partition coefficient (Wildman–Crippen LogP) is 2.96. The number of ether oxygens (including phenoxy) is 2. The third-order valence-electron chi connectivity index (χ3n) is 4.26. The van der Waals surface area contributed by atoms with E-state index < -0.39 is 0 Å². The third-order valence-corrected chi connectivity index (χ3v) is 4.84. The van der Waals surface area contributed by atoms with Crippen LogP contribution < -0.4 is 20.5 Å². The summed E-state index contributed by atoms with van der Waals surface area (Å²) >= 11 is 3.53. The SMILES string of the molecule is NCC(NCCC1CCC1)c1cc(Br)c2c(c1)OCO2.